The molecule has 0 aliphatic carbocycles. The van der Waals surface area contributed by atoms with Crippen molar-refractivity contribution in [3.8, 4) is 11.4 Å². The molecule has 2 rings (SSSR count). The third-order valence-electron chi connectivity index (χ3n) is 5.25. The standard InChI is InChI=1S/C23H30F3N7O3/c1-11(21(36)31-16(34)8-14(27)9-22(3,4)5)13-6-7-15(30-10-13)18-17(20(29)35)19(28)33(32-18)12(2)23(24,25)26/h6-8,10-12H,9,27-28H2,1-5H3,(H2,29,35)(H,31,34,36). The molecule has 13 heteroatoms. The van der Waals surface area contributed by atoms with Gasteiger partial charge in [-0.3, -0.25) is 24.7 Å². The van der Waals surface area contributed by atoms with Crippen LogP contribution in [0.3, 0.4) is 0 Å². The van der Waals surface area contributed by atoms with E-state index in [9.17, 15) is 27.6 Å². The molecule has 0 aliphatic rings. The molecule has 0 fully saturated rings. The Morgan fingerprint density at radius 1 is 1.14 bits per heavy atom. The van der Waals surface area contributed by atoms with E-state index in [4.69, 9.17) is 17.2 Å². The number of carbonyl (C=O) groups excluding carboxylic acids is 3. The highest BCUT2D eigenvalue weighted by Crippen LogP contribution is 2.35. The Kier molecular flexibility index (Phi) is 8.17. The summed E-state index contributed by atoms with van der Waals surface area (Å²) in [6, 6.07) is 0.712. The van der Waals surface area contributed by atoms with Crippen molar-refractivity contribution in [2.45, 2.75) is 59.2 Å². The van der Waals surface area contributed by atoms with Crippen LogP contribution in [0.2, 0.25) is 0 Å². The van der Waals surface area contributed by atoms with Crippen molar-refractivity contribution >= 4 is 23.5 Å². The van der Waals surface area contributed by atoms with Gasteiger partial charge in [0.25, 0.3) is 11.8 Å². The van der Waals surface area contributed by atoms with E-state index in [2.05, 4.69) is 15.4 Å². The van der Waals surface area contributed by atoms with Gasteiger partial charge in [-0.2, -0.15) is 18.3 Å². The molecule has 0 spiro atoms. The summed E-state index contributed by atoms with van der Waals surface area (Å²) < 4.78 is 40.0. The van der Waals surface area contributed by atoms with Crippen LogP contribution < -0.4 is 22.5 Å². The fraction of sp³-hybridized carbons (Fsp3) is 0.435. The first-order valence-electron chi connectivity index (χ1n) is 10.9. The summed E-state index contributed by atoms with van der Waals surface area (Å²) in [6.07, 6.45) is -1.77. The number of nitrogen functional groups attached to an aromatic ring is 1. The molecule has 0 aliphatic heterocycles. The van der Waals surface area contributed by atoms with Crippen LogP contribution in [0.4, 0.5) is 19.0 Å². The minimum Gasteiger partial charge on any atom is -0.402 e. The highest BCUT2D eigenvalue weighted by atomic mass is 19.4. The van der Waals surface area contributed by atoms with Crippen LogP contribution in [0.5, 0.6) is 0 Å². The molecule has 2 aromatic heterocycles. The molecule has 7 N–H and O–H groups in total. The quantitative estimate of drug-likeness (QED) is 0.415. The Labute approximate surface area is 206 Å². The van der Waals surface area contributed by atoms with Crippen molar-refractivity contribution in [1.82, 2.24) is 20.1 Å². The third-order valence-corrected chi connectivity index (χ3v) is 5.25. The van der Waals surface area contributed by atoms with Crippen LogP contribution in [0.15, 0.2) is 30.1 Å². The largest absolute Gasteiger partial charge is 0.410 e. The number of rotatable bonds is 7. The van der Waals surface area contributed by atoms with Crippen LogP contribution in [0, 0.1) is 5.41 Å². The zero-order chi connectivity index (χ0) is 27.6. The maximum atomic E-state index is 13.2. The Hall–Kier alpha value is -3.90. The van der Waals surface area contributed by atoms with Crippen molar-refractivity contribution in [1.29, 1.82) is 0 Å². The number of imide groups is 1. The third kappa shape index (κ3) is 6.83. The average molecular weight is 510 g/mol. The Morgan fingerprint density at radius 3 is 2.22 bits per heavy atom. The number of pyridine rings is 1. The Morgan fingerprint density at radius 2 is 1.75 bits per heavy atom. The number of anilines is 1. The number of allylic oxidation sites excluding steroid dienone is 1. The maximum Gasteiger partial charge on any atom is 0.410 e. The second kappa shape index (κ2) is 10.4. The van der Waals surface area contributed by atoms with Gasteiger partial charge in [0.15, 0.2) is 0 Å². The predicted molar refractivity (Wildman–Crippen MR) is 127 cm³/mol. The molecule has 36 heavy (non-hydrogen) atoms. The van der Waals surface area contributed by atoms with E-state index in [0.717, 1.165) is 13.0 Å². The molecule has 10 nitrogen and oxygen atoms in total. The maximum absolute atomic E-state index is 13.2. The summed E-state index contributed by atoms with van der Waals surface area (Å²) in [5, 5.41) is 6.08. The second-order valence-electron chi connectivity index (χ2n) is 9.64. The van der Waals surface area contributed by atoms with Gasteiger partial charge in [0.2, 0.25) is 5.91 Å². The van der Waals surface area contributed by atoms with Gasteiger partial charge in [0.1, 0.15) is 23.1 Å². The molecule has 2 heterocycles. The number of halogens is 3. The highest BCUT2D eigenvalue weighted by Gasteiger charge is 2.40. The van der Waals surface area contributed by atoms with Crippen molar-refractivity contribution in [3.05, 3.63) is 41.2 Å². The van der Waals surface area contributed by atoms with E-state index < -0.39 is 47.2 Å². The molecular formula is C23H30F3N7O3. The number of hydrogen-bond acceptors (Lipinski definition) is 7. The van der Waals surface area contributed by atoms with Crippen LogP contribution in [0.25, 0.3) is 11.4 Å². The van der Waals surface area contributed by atoms with E-state index in [1.165, 1.54) is 25.3 Å². The Bertz CT molecular complexity index is 1180. The van der Waals surface area contributed by atoms with Crippen molar-refractivity contribution in [3.63, 3.8) is 0 Å². The van der Waals surface area contributed by atoms with E-state index in [0.29, 0.717) is 22.4 Å². The number of carbonyl (C=O) groups is 3. The van der Waals surface area contributed by atoms with Gasteiger partial charge in [-0.1, -0.05) is 26.8 Å². The minimum absolute atomic E-state index is 0.0222. The first-order chi connectivity index (χ1) is 16.4. The number of aromatic nitrogens is 3. The van der Waals surface area contributed by atoms with Crippen molar-refractivity contribution in [2.75, 3.05) is 5.73 Å². The summed E-state index contributed by atoms with van der Waals surface area (Å²) in [5.41, 5.74) is 16.9. The van der Waals surface area contributed by atoms with Crippen molar-refractivity contribution < 1.29 is 27.6 Å². The molecule has 0 bridgehead atoms. The van der Waals surface area contributed by atoms with E-state index in [1.54, 1.807) is 0 Å². The molecule has 0 saturated heterocycles. The van der Waals surface area contributed by atoms with Crippen LogP contribution in [0.1, 0.15) is 68.9 Å². The second-order valence-corrected chi connectivity index (χ2v) is 9.64. The van der Waals surface area contributed by atoms with Crippen LogP contribution >= 0.6 is 0 Å². The lowest BCUT2D eigenvalue weighted by molar-refractivity contribution is -0.164. The van der Waals surface area contributed by atoms with E-state index >= 15 is 0 Å². The number of alkyl halides is 3. The zero-order valence-electron chi connectivity index (χ0n) is 20.6. The molecule has 0 aromatic carbocycles. The molecule has 2 unspecified atom stereocenters. The molecule has 196 valence electrons. The monoisotopic (exact) mass is 509 g/mol. The fourth-order valence-corrected chi connectivity index (χ4v) is 3.35. The summed E-state index contributed by atoms with van der Waals surface area (Å²) in [7, 11) is 0. The lowest BCUT2D eigenvalue weighted by atomic mass is 9.90. The minimum atomic E-state index is -4.67. The topological polar surface area (TPSA) is 172 Å². The number of nitrogens with zero attached hydrogens (tertiary/aromatic N) is 3. The fourth-order valence-electron chi connectivity index (χ4n) is 3.35. The lowest BCUT2D eigenvalue weighted by Gasteiger charge is -2.18. The first kappa shape index (κ1) is 28.3. The SMILES string of the molecule is CC(C(=O)NC(=O)C=C(N)CC(C)(C)C)c1ccc(-c2nn(C(C)C(F)(F)F)c(N)c2C(N)=O)nc1. The van der Waals surface area contributed by atoms with Gasteiger partial charge in [-0.05, 0) is 37.3 Å². The number of nitrogens with one attached hydrogen (secondary N) is 1. The molecule has 2 atom stereocenters. The molecule has 3 amide bonds. The van der Waals surface area contributed by atoms with Gasteiger partial charge in [-0.25, -0.2) is 4.68 Å². The van der Waals surface area contributed by atoms with Gasteiger partial charge in [0.05, 0.1) is 11.6 Å². The first-order valence-corrected chi connectivity index (χ1v) is 10.9. The van der Waals surface area contributed by atoms with Crippen LogP contribution in [-0.4, -0.2) is 38.7 Å². The number of primary amides is 1. The molecule has 2 aromatic rings. The molecule has 0 radical (unpaired) electrons. The predicted octanol–water partition coefficient (Wildman–Crippen LogP) is 2.77. The summed E-state index contributed by atoms with van der Waals surface area (Å²) >= 11 is 0. The number of nitrogens with two attached hydrogens (primary N) is 3. The van der Waals surface area contributed by atoms with Gasteiger partial charge < -0.3 is 17.2 Å². The lowest BCUT2D eigenvalue weighted by Crippen LogP contribution is -2.33. The zero-order valence-corrected chi connectivity index (χ0v) is 20.6. The van der Waals surface area contributed by atoms with E-state index in [1.807, 2.05) is 20.8 Å². The Balaban J connectivity index is 2.26. The highest BCUT2D eigenvalue weighted by molar-refractivity contribution is 6.04. The summed E-state index contributed by atoms with van der Waals surface area (Å²) in [6.45, 7) is 8.24. The van der Waals surface area contributed by atoms with Gasteiger partial charge >= 0.3 is 6.18 Å². The van der Waals surface area contributed by atoms with Crippen molar-refractivity contribution in [2.24, 2.45) is 16.9 Å². The van der Waals surface area contributed by atoms with E-state index in [-0.39, 0.29) is 16.8 Å². The molecular weight excluding hydrogens is 479 g/mol. The normalized spacial score (nSPS) is 14.3. The summed E-state index contributed by atoms with van der Waals surface area (Å²) in [4.78, 5) is 40.7. The average Bonchev–Trinajstić information content (AvgIpc) is 3.07. The smallest absolute Gasteiger partial charge is 0.402 e. The van der Waals surface area contributed by atoms with Crippen LogP contribution in [-0.2, 0) is 9.59 Å². The molecule has 0 saturated carbocycles. The van der Waals surface area contributed by atoms with Gasteiger partial charge in [-0.15, -0.1) is 0 Å². The van der Waals surface area contributed by atoms with Gasteiger partial charge in [0, 0.05) is 18.0 Å². The summed E-state index contributed by atoms with van der Waals surface area (Å²) in [5.74, 6) is -3.70. The number of amides is 3. The number of hydrogen-bond donors (Lipinski definition) is 4.